The molecule has 2 aromatic heterocycles. The van der Waals surface area contributed by atoms with Crippen molar-refractivity contribution < 1.29 is 4.74 Å². The molecule has 4 nitrogen and oxygen atoms in total. The van der Waals surface area contributed by atoms with Gasteiger partial charge >= 0.3 is 0 Å². The summed E-state index contributed by atoms with van der Waals surface area (Å²) in [6.45, 7) is 1.98. The number of anilines is 1. The van der Waals surface area contributed by atoms with Gasteiger partial charge in [-0.2, -0.15) is 4.98 Å². The summed E-state index contributed by atoms with van der Waals surface area (Å²) in [5, 5.41) is 6.34. The molecule has 0 bridgehead atoms. The van der Waals surface area contributed by atoms with Gasteiger partial charge in [-0.3, -0.25) is 0 Å². The van der Waals surface area contributed by atoms with Crippen molar-refractivity contribution in [3.63, 3.8) is 0 Å². The van der Waals surface area contributed by atoms with Crippen molar-refractivity contribution in [1.82, 2.24) is 9.97 Å². The number of hydrogen-bond acceptors (Lipinski definition) is 5. The van der Waals surface area contributed by atoms with E-state index < -0.39 is 0 Å². The van der Waals surface area contributed by atoms with Crippen molar-refractivity contribution in [3.8, 4) is 11.6 Å². The maximum absolute atomic E-state index is 6.20. The summed E-state index contributed by atoms with van der Waals surface area (Å²) in [4.78, 5) is 9.61. The predicted molar refractivity (Wildman–Crippen MR) is 83.2 cm³/mol. The number of aromatic nitrogens is 2. The Kier molecular flexibility index (Phi) is 3.46. The van der Waals surface area contributed by atoms with Crippen LogP contribution >= 0.6 is 22.9 Å². The maximum Gasteiger partial charge on any atom is 0.232 e. The van der Waals surface area contributed by atoms with Gasteiger partial charge < -0.3 is 10.1 Å². The van der Waals surface area contributed by atoms with Crippen molar-refractivity contribution in [2.45, 2.75) is 6.92 Å². The van der Waals surface area contributed by atoms with Crippen LogP contribution in [0, 0.1) is 6.92 Å². The molecule has 0 fully saturated rings. The molecular formula is C14H12ClN3OS. The minimum absolute atomic E-state index is 0.506. The van der Waals surface area contributed by atoms with Gasteiger partial charge in [-0.1, -0.05) is 17.7 Å². The van der Waals surface area contributed by atoms with Gasteiger partial charge in [0.1, 0.15) is 10.6 Å². The Labute approximate surface area is 125 Å². The standard InChI is InChI=1S/C14H12ClN3OS/c1-8-3-4-11(10(15)7-8)19-12-9-5-6-20-13(9)18-14(16-2)17-12/h3-7H,1-2H3,(H,16,17,18). The van der Waals surface area contributed by atoms with Gasteiger partial charge in [0.25, 0.3) is 0 Å². The molecule has 0 saturated carbocycles. The summed E-state index contributed by atoms with van der Waals surface area (Å²) in [7, 11) is 1.78. The number of rotatable bonds is 3. The summed E-state index contributed by atoms with van der Waals surface area (Å²) < 4.78 is 5.86. The minimum atomic E-state index is 0.506. The lowest BCUT2D eigenvalue weighted by molar-refractivity contribution is 0.469. The average molecular weight is 306 g/mol. The highest BCUT2D eigenvalue weighted by Gasteiger charge is 2.12. The van der Waals surface area contributed by atoms with E-state index in [1.165, 1.54) is 0 Å². The number of nitrogens with zero attached hydrogens (tertiary/aromatic N) is 2. The molecule has 0 aliphatic carbocycles. The zero-order valence-electron chi connectivity index (χ0n) is 11.0. The molecule has 0 aliphatic heterocycles. The van der Waals surface area contributed by atoms with Crippen LogP contribution in [-0.4, -0.2) is 17.0 Å². The minimum Gasteiger partial charge on any atom is -0.437 e. The molecule has 3 aromatic rings. The van der Waals surface area contributed by atoms with Crippen molar-refractivity contribution in [2.24, 2.45) is 0 Å². The maximum atomic E-state index is 6.20. The monoisotopic (exact) mass is 305 g/mol. The first-order valence-corrected chi connectivity index (χ1v) is 7.30. The van der Waals surface area contributed by atoms with E-state index in [0.29, 0.717) is 22.6 Å². The van der Waals surface area contributed by atoms with E-state index in [1.807, 2.05) is 36.6 Å². The molecule has 1 N–H and O–H groups in total. The molecule has 3 rings (SSSR count). The van der Waals surface area contributed by atoms with Gasteiger partial charge in [0.2, 0.25) is 11.8 Å². The van der Waals surface area contributed by atoms with Crippen molar-refractivity contribution in [3.05, 3.63) is 40.2 Å². The Bertz CT molecular complexity index is 772. The molecule has 6 heteroatoms. The molecule has 0 atom stereocenters. The van der Waals surface area contributed by atoms with Crippen molar-refractivity contribution in [1.29, 1.82) is 0 Å². The molecule has 102 valence electrons. The molecule has 20 heavy (non-hydrogen) atoms. The summed E-state index contributed by atoms with van der Waals surface area (Å²) >= 11 is 7.74. The van der Waals surface area contributed by atoms with Crippen LogP contribution in [0.25, 0.3) is 10.2 Å². The predicted octanol–water partition coefficient (Wildman–Crippen LogP) is 4.49. The number of aryl methyl sites for hydroxylation is 1. The fraction of sp³-hybridized carbons (Fsp3) is 0.143. The van der Waals surface area contributed by atoms with E-state index in [-0.39, 0.29) is 0 Å². The quantitative estimate of drug-likeness (QED) is 0.774. The first-order valence-electron chi connectivity index (χ1n) is 6.04. The van der Waals surface area contributed by atoms with Crippen LogP contribution < -0.4 is 10.1 Å². The highest BCUT2D eigenvalue weighted by molar-refractivity contribution is 7.16. The summed E-state index contributed by atoms with van der Waals surface area (Å²) in [6.07, 6.45) is 0. The fourth-order valence-electron chi connectivity index (χ4n) is 1.81. The third-order valence-corrected chi connectivity index (χ3v) is 3.91. The third kappa shape index (κ3) is 2.42. The highest BCUT2D eigenvalue weighted by atomic mass is 35.5. The van der Waals surface area contributed by atoms with E-state index in [2.05, 4.69) is 15.3 Å². The summed E-state index contributed by atoms with van der Waals surface area (Å²) in [5.74, 6) is 1.62. The smallest absolute Gasteiger partial charge is 0.232 e. The molecule has 0 saturated heterocycles. The van der Waals surface area contributed by atoms with Gasteiger partial charge in [0, 0.05) is 7.05 Å². The van der Waals surface area contributed by atoms with E-state index in [9.17, 15) is 0 Å². The van der Waals surface area contributed by atoms with Crippen molar-refractivity contribution in [2.75, 3.05) is 12.4 Å². The molecule has 0 unspecified atom stereocenters. The van der Waals surface area contributed by atoms with Crippen LogP contribution in [0.2, 0.25) is 5.02 Å². The molecule has 0 spiro atoms. The molecule has 1 aromatic carbocycles. The zero-order chi connectivity index (χ0) is 14.1. The van der Waals surface area contributed by atoms with Crippen LogP contribution in [0.15, 0.2) is 29.6 Å². The lowest BCUT2D eigenvalue weighted by atomic mass is 10.2. The normalized spacial score (nSPS) is 10.8. The molecular weight excluding hydrogens is 294 g/mol. The van der Waals surface area contributed by atoms with Crippen LogP contribution in [-0.2, 0) is 0 Å². The SMILES string of the molecule is CNc1nc(Oc2ccc(C)cc2Cl)c2ccsc2n1. The Morgan fingerprint density at radius 3 is 2.85 bits per heavy atom. The number of hydrogen-bond donors (Lipinski definition) is 1. The fourth-order valence-corrected chi connectivity index (χ4v) is 2.84. The van der Waals surface area contributed by atoms with Gasteiger partial charge in [-0.25, -0.2) is 4.98 Å². The lowest BCUT2D eigenvalue weighted by Crippen LogP contribution is -1.98. The van der Waals surface area contributed by atoms with Gasteiger partial charge in [0.05, 0.1) is 10.4 Å². The first-order chi connectivity index (χ1) is 9.67. The average Bonchev–Trinajstić information content (AvgIpc) is 2.90. The summed E-state index contributed by atoms with van der Waals surface area (Å²) in [6, 6.07) is 7.60. The Morgan fingerprint density at radius 2 is 2.10 bits per heavy atom. The number of thiophene rings is 1. The molecule has 2 heterocycles. The van der Waals surface area contributed by atoms with Gasteiger partial charge in [0.15, 0.2) is 0 Å². The van der Waals surface area contributed by atoms with E-state index in [1.54, 1.807) is 18.4 Å². The van der Waals surface area contributed by atoms with Crippen LogP contribution in [0.5, 0.6) is 11.6 Å². The van der Waals surface area contributed by atoms with Gasteiger partial charge in [-0.05, 0) is 36.1 Å². The van der Waals surface area contributed by atoms with Crippen LogP contribution in [0.4, 0.5) is 5.95 Å². The topological polar surface area (TPSA) is 47.0 Å². The first kappa shape index (κ1) is 13.1. The zero-order valence-corrected chi connectivity index (χ0v) is 12.5. The number of fused-ring (bicyclic) bond motifs is 1. The Morgan fingerprint density at radius 1 is 1.25 bits per heavy atom. The van der Waals surface area contributed by atoms with E-state index in [4.69, 9.17) is 16.3 Å². The van der Waals surface area contributed by atoms with Crippen LogP contribution in [0.3, 0.4) is 0 Å². The molecule has 0 amide bonds. The molecule has 0 aliphatic rings. The van der Waals surface area contributed by atoms with Gasteiger partial charge in [-0.15, -0.1) is 11.3 Å². The van der Waals surface area contributed by atoms with E-state index in [0.717, 1.165) is 15.8 Å². The largest absolute Gasteiger partial charge is 0.437 e. The number of benzene rings is 1. The Balaban J connectivity index is 2.07. The second-order valence-corrected chi connectivity index (χ2v) is 5.58. The third-order valence-electron chi connectivity index (χ3n) is 2.81. The van der Waals surface area contributed by atoms with Crippen LogP contribution in [0.1, 0.15) is 5.56 Å². The second kappa shape index (κ2) is 5.26. The van der Waals surface area contributed by atoms with Crippen molar-refractivity contribution >= 4 is 39.1 Å². The Hall–Kier alpha value is -1.85. The summed E-state index contributed by atoms with van der Waals surface area (Å²) in [5.41, 5.74) is 1.08. The number of nitrogens with one attached hydrogen (secondary N) is 1. The van der Waals surface area contributed by atoms with E-state index >= 15 is 0 Å². The number of ether oxygens (including phenoxy) is 1. The lowest BCUT2D eigenvalue weighted by Gasteiger charge is -2.09. The molecule has 0 radical (unpaired) electrons. The highest BCUT2D eigenvalue weighted by Crippen LogP contribution is 2.34. The second-order valence-electron chi connectivity index (χ2n) is 4.28. The number of halogens is 1.